The summed E-state index contributed by atoms with van der Waals surface area (Å²) in [5.41, 5.74) is 5.33. The average Bonchev–Trinajstić information content (AvgIpc) is 2.03. The van der Waals surface area contributed by atoms with E-state index < -0.39 is 6.04 Å². The van der Waals surface area contributed by atoms with Crippen molar-refractivity contribution in [3.8, 4) is 0 Å². The fraction of sp³-hybridized carbons (Fsp3) is 0.900. The summed E-state index contributed by atoms with van der Waals surface area (Å²) in [4.78, 5) is 11.5. The van der Waals surface area contributed by atoms with E-state index in [0.717, 1.165) is 12.8 Å². The molecule has 84 valence electrons. The van der Waals surface area contributed by atoms with Crippen LogP contribution < -0.4 is 11.1 Å². The molecule has 0 radical (unpaired) electrons. The second-order valence-corrected chi connectivity index (χ2v) is 4.20. The maximum Gasteiger partial charge on any atom is 0.237 e. The van der Waals surface area contributed by atoms with E-state index in [-0.39, 0.29) is 11.4 Å². The van der Waals surface area contributed by atoms with Gasteiger partial charge in [-0.1, -0.05) is 13.3 Å². The van der Waals surface area contributed by atoms with Gasteiger partial charge in [-0.2, -0.15) is 0 Å². The molecular weight excluding hydrogens is 180 g/mol. The Bertz CT molecular complexity index is 181. The maximum absolute atomic E-state index is 11.5. The Labute approximate surface area is 86.2 Å². The van der Waals surface area contributed by atoms with Crippen LogP contribution in [0.15, 0.2) is 0 Å². The highest BCUT2D eigenvalue weighted by atomic mass is 16.5. The van der Waals surface area contributed by atoms with Gasteiger partial charge < -0.3 is 15.8 Å². The van der Waals surface area contributed by atoms with Crippen molar-refractivity contribution in [2.24, 2.45) is 5.73 Å². The molecule has 0 unspecified atom stereocenters. The molecule has 0 fully saturated rings. The van der Waals surface area contributed by atoms with Crippen molar-refractivity contribution in [3.63, 3.8) is 0 Å². The summed E-state index contributed by atoms with van der Waals surface area (Å²) < 4.78 is 4.99. The molecule has 0 rings (SSSR count). The van der Waals surface area contributed by atoms with Gasteiger partial charge in [-0.25, -0.2) is 0 Å². The second kappa shape index (κ2) is 5.98. The molecule has 0 spiro atoms. The Morgan fingerprint density at radius 3 is 2.57 bits per heavy atom. The standard InChI is InChI=1S/C10H22N2O2/c1-5-6-8(11)9(13)12-10(2,3)7-14-4/h8H,5-7,11H2,1-4H3,(H,12,13)/t8-/m1/s1. The van der Waals surface area contributed by atoms with Gasteiger partial charge in [0.25, 0.3) is 0 Å². The second-order valence-electron chi connectivity index (χ2n) is 4.20. The van der Waals surface area contributed by atoms with E-state index in [0.29, 0.717) is 6.61 Å². The lowest BCUT2D eigenvalue weighted by atomic mass is 10.1. The molecule has 3 N–H and O–H groups in total. The van der Waals surface area contributed by atoms with Crippen molar-refractivity contribution in [2.45, 2.75) is 45.2 Å². The summed E-state index contributed by atoms with van der Waals surface area (Å²) in [6.07, 6.45) is 1.63. The fourth-order valence-corrected chi connectivity index (χ4v) is 1.27. The molecule has 0 bridgehead atoms. The molecule has 4 nitrogen and oxygen atoms in total. The van der Waals surface area contributed by atoms with Crippen molar-refractivity contribution in [1.82, 2.24) is 5.32 Å². The van der Waals surface area contributed by atoms with E-state index in [1.807, 2.05) is 20.8 Å². The van der Waals surface area contributed by atoms with Crippen molar-refractivity contribution in [2.75, 3.05) is 13.7 Å². The predicted molar refractivity (Wildman–Crippen MR) is 57.0 cm³/mol. The van der Waals surface area contributed by atoms with E-state index in [1.165, 1.54) is 0 Å². The van der Waals surface area contributed by atoms with Crippen molar-refractivity contribution >= 4 is 5.91 Å². The van der Waals surface area contributed by atoms with Crippen molar-refractivity contribution < 1.29 is 9.53 Å². The van der Waals surface area contributed by atoms with Crippen molar-refractivity contribution in [3.05, 3.63) is 0 Å². The van der Waals surface area contributed by atoms with Gasteiger partial charge in [0, 0.05) is 7.11 Å². The summed E-state index contributed by atoms with van der Waals surface area (Å²) in [5.74, 6) is -0.103. The largest absolute Gasteiger partial charge is 0.382 e. The smallest absolute Gasteiger partial charge is 0.237 e. The third kappa shape index (κ3) is 5.19. The van der Waals surface area contributed by atoms with E-state index >= 15 is 0 Å². The molecule has 0 aliphatic carbocycles. The molecule has 4 heteroatoms. The van der Waals surface area contributed by atoms with Gasteiger partial charge in [-0.05, 0) is 20.3 Å². The van der Waals surface area contributed by atoms with Crippen LogP contribution in [0.4, 0.5) is 0 Å². The highest BCUT2D eigenvalue weighted by Crippen LogP contribution is 2.03. The molecule has 0 aromatic heterocycles. The number of ether oxygens (including phenoxy) is 1. The molecule has 0 aliphatic heterocycles. The number of nitrogens with one attached hydrogen (secondary N) is 1. The molecule has 14 heavy (non-hydrogen) atoms. The van der Waals surface area contributed by atoms with Gasteiger partial charge in [0.15, 0.2) is 0 Å². The molecule has 0 saturated heterocycles. The number of carbonyl (C=O) groups excluding carboxylic acids is 1. The summed E-state index contributed by atoms with van der Waals surface area (Å²) in [6, 6.07) is -0.406. The van der Waals surface area contributed by atoms with Crippen molar-refractivity contribution in [1.29, 1.82) is 0 Å². The lowest BCUT2D eigenvalue weighted by molar-refractivity contribution is -0.124. The maximum atomic E-state index is 11.5. The van der Waals surface area contributed by atoms with Crippen LogP contribution in [-0.2, 0) is 9.53 Å². The van der Waals surface area contributed by atoms with Crippen LogP contribution in [0.25, 0.3) is 0 Å². The average molecular weight is 202 g/mol. The van der Waals surface area contributed by atoms with E-state index in [4.69, 9.17) is 10.5 Å². The van der Waals surface area contributed by atoms with Crippen LogP contribution >= 0.6 is 0 Å². The summed E-state index contributed by atoms with van der Waals surface area (Å²) in [7, 11) is 1.61. The lowest BCUT2D eigenvalue weighted by Gasteiger charge is -2.26. The Hall–Kier alpha value is -0.610. The van der Waals surface area contributed by atoms with Gasteiger partial charge in [-0.15, -0.1) is 0 Å². The first kappa shape index (κ1) is 13.4. The molecule has 0 aromatic carbocycles. The number of rotatable bonds is 6. The number of nitrogens with two attached hydrogens (primary N) is 1. The minimum Gasteiger partial charge on any atom is -0.382 e. The SMILES string of the molecule is CCC[C@@H](N)C(=O)NC(C)(C)COC. The van der Waals surface area contributed by atoms with E-state index in [2.05, 4.69) is 5.32 Å². The van der Waals surface area contributed by atoms with Gasteiger partial charge in [0.05, 0.1) is 18.2 Å². The molecular formula is C10H22N2O2. The Kier molecular flexibility index (Phi) is 5.72. The lowest BCUT2D eigenvalue weighted by Crippen LogP contribution is -2.52. The van der Waals surface area contributed by atoms with Gasteiger partial charge in [0.1, 0.15) is 0 Å². The summed E-state index contributed by atoms with van der Waals surface area (Å²) in [5, 5.41) is 2.85. The zero-order valence-corrected chi connectivity index (χ0v) is 9.59. The minimum atomic E-state index is -0.406. The number of amides is 1. The molecule has 1 amide bonds. The Balaban J connectivity index is 4.03. The number of methoxy groups -OCH3 is 1. The molecule has 0 heterocycles. The molecule has 0 aromatic rings. The van der Waals surface area contributed by atoms with Crippen LogP contribution in [0.5, 0.6) is 0 Å². The van der Waals surface area contributed by atoms with Gasteiger partial charge in [0.2, 0.25) is 5.91 Å². The number of hydrogen-bond donors (Lipinski definition) is 2. The van der Waals surface area contributed by atoms with E-state index in [9.17, 15) is 4.79 Å². The zero-order valence-electron chi connectivity index (χ0n) is 9.59. The summed E-state index contributed by atoms with van der Waals surface area (Å²) in [6.45, 7) is 6.31. The van der Waals surface area contributed by atoms with Crippen LogP contribution in [0, 0.1) is 0 Å². The highest BCUT2D eigenvalue weighted by Gasteiger charge is 2.23. The Morgan fingerprint density at radius 1 is 1.57 bits per heavy atom. The third-order valence-corrected chi connectivity index (χ3v) is 1.90. The first-order valence-corrected chi connectivity index (χ1v) is 4.99. The molecule has 0 saturated carbocycles. The van der Waals surface area contributed by atoms with Crippen LogP contribution in [0.3, 0.4) is 0 Å². The highest BCUT2D eigenvalue weighted by molar-refractivity contribution is 5.82. The molecule has 1 atom stereocenters. The normalized spacial score (nSPS) is 13.8. The fourth-order valence-electron chi connectivity index (χ4n) is 1.27. The Morgan fingerprint density at radius 2 is 2.14 bits per heavy atom. The predicted octanol–water partition coefficient (Wildman–Crippen LogP) is 0.655. The quantitative estimate of drug-likeness (QED) is 0.665. The number of carbonyl (C=O) groups is 1. The van der Waals surface area contributed by atoms with E-state index in [1.54, 1.807) is 7.11 Å². The molecule has 0 aliphatic rings. The topological polar surface area (TPSA) is 64.4 Å². The first-order valence-electron chi connectivity index (χ1n) is 4.99. The number of hydrogen-bond acceptors (Lipinski definition) is 3. The summed E-state index contributed by atoms with van der Waals surface area (Å²) >= 11 is 0. The van der Waals surface area contributed by atoms with Gasteiger partial charge >= 0.3 is 0 Å². The monoisotopic (exact) mass is 202 g/mol. The minimum absolute atomic E-state index is 0.103. The van der Waals surface area contributed by atoms with Gasteiger partial charge in [-0.3, -0.25) is 4.79 Å². The van der Waals surface area contributed by atoms with Crippen LogP contribution in [0.1, 0.15) is 33.6 Å². The van der Waals surface area contributed by atoms with Crippen LogP contribution in [-0.4, -0.2) is 31.2 Å². The first-order chi connectivity index (χ1) is 6.43. The third-order valence-electron chi connectivity index (χ3n) is 1.90. The van der Waals surface area contributed by atoms with Crippen LogP contribution in [0.2, 0.25) is 0 Å². The zero-order chi connectivity index (χ0) is 11.2.